The Balaban J connectivity index is 2.39. The van der Waals surface area contributed by atoms with E-state index < -0.39 is 0 Å². The van der Waals surface area contributed by atoms with E-state index in [9.17, 15) is 0 Å². The molecule has 0 radical (unpaired) electrons. The molecule has 2 aromatic rings. The molecule has 0 aliphatic heterocycles. The zero-order valence-corrected chi connectivity index (χ0v) is 12.6. The first-order valence-corrected chi connectivity index (χ1v) is 7.49. The molecule has 0 saturated carbocycles. The molecule has 0 aliphatic rings. The second kappa shape index (κ2) is 6.01. The maximum atomic E-state index is 6.31. The van der Waals surface area contributed by atoms with Crippen molar-refractivity contribution in [2.75, 3.05) is 6.54 Å². The second-order valence-electron chi connectivity index (χ2n) is 3.67. The summed E-state index contributed by atoms with van der Waals surface area (Å²) in [6.07, 6.45) is 0. The van der Waals surface area contributed by atoms with Crippen LogP contribution < -0.4 is 5.32 Å². The molecule has 0 saturated heterocycles. The van der Waals surface area contributed by atoms with E-state index in [1.165, 1.54) is 4.88 Å². The molecule has 1 aromatic carbocycles. The van der Waals surface area contributed by atoms with Gasteiger partial charge < -0.3 is 5.32 Å². The lowest BCUT2D eigenvalue weighted by atomic mass is 10.1. The summed E-state index contributed by atoms with van der Waals surface area (Å²) >= 11 is 11.5. The van der Waals surface area contributed by atoms with Crippen LogP contribution in [0.5, 0.6) is 0 Å². The summed E-state index contributed by atoms with van der Waals surface area (Å²) in [4.78, 5) is 1.29. The molecule has 1 N–H and O–H groups in total. The Bertz CT molecular complexity index is 484. The quantitative estimate of drug-likeness (QED) is 0.844. The molecule has 0 aliphatic carbocycles. The van der Waals surface area contributed by atoms with Gasteiger partial charge in [0.05, 0.1) is 6.04 Å². The van der Waals surface area contributed by atoms with Crippen molar-refractivity contribution in [3.63, 3.8) is 0 Å². The summed E-state index contributed by atoms with van der Waals surface area (Å²) < 4.78 is 1.01. The fourth-order valence-electron chi connectivity index (χ4n) is 1.76. The van der Waals surface area contributed by atoms with Crippen molar-refractivity contribution in [1.29, 1.82) is 0 Å². The monoisotopic (exact) mass is 329 g/mol. The Morgan fingerprint density at radius 1 is 1.41 bits per heavy atom. The molecule has 1 atom stereocenters. The highest BCUT2D eigenvalue weighted by molar-refractivity contribution is 9.10. The van der Waals surface area contributed by atoms with Crippen LogP contribution in [0.15, 0.2) is 40.2 Å². The van der Waals surface area contributed by atoms with Crippen molar-refractivity contribution in [1.82, 2.24) is 5.32 Å². The van der Waals surface area contributed by atoms with Crippen LogP contribution in [0.25, 0.3) is 0 Å². The molecule has 0 amide bonds. The van der Waals surface area contributed by atoms with Crippen LogP contribution in [0.2, 0.25) is 5.02 Å². The number of nitrogens with one attached hydrogen (secondary N) is 1. The van der Waals surface area contributed by atoms with Gasteiger partial charge in [-0.25, -0.2) is 0 Å². The summed E-state index contributed by atoms with van der Waals surface area (Å²) in [5, 5.41) is 6.35. The van der Waals surface area contributed by atoms with Crippen molar-refractivity contribution in [3.8, 4) is 0 Å². The molecule has 2 rings (SSSR count). The standard InChI is InChI=1S/C13H13BrClNS/c1-2-16-13(12-4-3-7-17-12)10-6-5-9(14)8-11(10)15/h3-8,13,16H,2H2,1H3. The zero-order valence-electron chi connectivity index (χ0n) is 9.41. The largest absolute Gasteiger partial charge is 0.306 e. The van der Waals surface area contributed by atoms with Crippen molar-refractivity contribution in [2.45, 2.75) is 13.0 Å². The number of hydrogen-bond donors (Lipinski definition) is 1. The van der Waals surface area contributed by atoms with Crippen molar-refractivity contribution in [2.24, 2.45) is 0 Å². The lowest BCUT2D eigenvalue weighted by Gasteiger charge is -2.18. The molecule has 90 valence electrons. The minimum Gasteiger partial charge on any atom is -0.306 e. The summed E-state index contributed by atoms with van der Waals surface area (Å²) in [6, 6.07) is 10.4. The average Bonchev–Trinajstić information content (AvgIpc) is 2.80. The van der Waals surface area contributed by atoms with Crippen LogP contribution in [0, 0.1) is 0 Å². The summed E-state index contributed by atoms with van der Waals surface area (Å²) in [5.41, 5.74) is 1.12. The lowest BCUT2D eigenvalue weighted by Crippen LogP contribution is -2.21. The fraction of sp³-hybridized carbons (Fsp3) is 0.231. The van der Waals surface area contributed by atoms with Crippen LogP contribution in [0.3, 0.4) is 0 Å². The minimum atomic E-state index is 0.181. The third-order valence-electron chi connectivity index (χ3n) is 2.51. The molecule has 1 heterocycles. The first kappa shape index (κ1) is 13.1. The lowest BCUT2D eigenvalue weighted by molar-refractivity contribution is 0.640. The fourth-order valence-corrected chi connectivity index (χ4v) is 3.36. The van der Waals surface area contributed by atoms with Crippen LogP contribution in [-0.2, 0) is 0 Å². The SMILES string of the molecule is CCNC(c1cccs1)c1ccc(Br)cc1Cl. The van der Waals surface area contributed by atoms with Crippen molar-refractivity contribution < 1.29 is 0 Å². The molecule has 1 unspecified atom stereocenters. The highest BCUT2D eigenvalue weighted by atomic mass is 79.9. The molecule has 1 nitrogen and oxygen atoms in total. The van der Waals surface area contributed by atoms with E-state index >= 15 is 0 Å². The van der Waals surface area contributed by atoms with Gasteiger partial charge in [-0.1, -0.05) is 46.6 Å². The summed E-state index contributed by atoms with van der Waals surface area (Å²) in [6.45, 7) is 3.02. The van der Waals surface area contributed by atoms with E-state index in [0.717, 1.165) is 21.6 Å². The minimum absolute atomic E-state index is 0.181. The van der Waals surface area contributed by atoms with Crippen LogP contribution >= 0.6 is 38.9 Å². The molecule has 0 spiro atoms. The molecule has 4 heteroatoms. The van der Waals surface area contributed by atoms with Gasteiger partial charge in [0.1, 0.15) is 0 Å². The molecule has 0 fully saturated rings. The van der Waals surface area contributed by atoms with Gasteiger partial charge in [-0.2, -0.15) is 0 Å². The van der Waals surface area contributed by atoms with Crippen LogP contribution in [-0.4, -0.2) is 6.54 Å². The smallest absolute Gasteiger partial charge is 0.0685 e. The first-order valence-electron chi connectivity index (χ1n) is 5.44. The van der Waals surface area contributed by atoms with E-state index in [2.05, 4.69) is 51.7 Å². The number of hydrogen-bond acceptors (Lipinski definition) is 2. The van der Waals surface area contributed by atoms with Gasteiger partial charge in [0.2, 0.25) is 0 Å². The predicted octanol–water partition coefficient (Wildman–Crippen LogP) is 4.86. The topological polar surface area (TPSA) is 12.0 Å². The molecular weight excluding hydrogens is 318 g/mol. The van der Waals surface area contributed by atoms with Gasteiger partial charge in [0.15, 0.2) is 0 Å². The van der Waals surface area contributed by atoms with Gasteiger partial charge in [-0.3, -0.25) is 0 Å². The van der Waals surface area contributed by atoms with Crippen molar-refractivity contribution >= 4 is 38.9 Å². The Kier molecular flexibility index (Phi) is 4.62. The Labute approximate surface area is 119 Å². The van der Waals surface area contributed by atoms with E-state index in [1.54, 1.807) is 11.3 Å². The second-order valence-corrected chi connectivity index (χ2v) is 5.97. The maximum Gasteiger partial charge on any atom is 0.0685 e. The van der Waals surface area contributed by atoms with Crippen molar-refractivity contribution in [3.05, 3.63) is 55.6 Å². The number of halogens is 2. The van der Waals surface area contributed by atoms with E-state index in [1.807, 2.05) is 12.1 Å². The van der Waals surface area contributed by atoms with Gasteiger partial charge in [-0.15, -0.1) is 11.3 Å². The Morgan fingerprint density at radius 3 is 2.82 bits per heavy atom. The van der Waals surface area contributed by atoms with Gasteiger partial charge in [0.25, 0.3) is 0 Å². The van der Waals surface area contributed by atoms with Gasteiger partial charge >= 0.3 is 0 Å². The molecule has 0 bridgehead atoms. The van der Waals surface area contributed by atoms with E-state index in [0.29, 0.717) is 0 Å². The van der Waals surface area contributed by atoms with Crippen LogP contribution in [0.1, 0.15) is 23.4 Å². The van der Waals surface area contributed by atoms with E-state index in [4.69, 9.17) is 11.6 Å². The normalized spacial score (nSPS) is 12.6. The number of thiophene rings is 1. The van der Waals surface area contributed by atoms with Gasteiger partial charge in [0, 0.05) is 14.4 Å². The zero-order chi connectivity index (χ0) is 12.3. The molecule has 17 heavy (non-hydrogen) atoms. The third kappa shape index (κ3) is 3.10. The maximum absolute atomic E-state index is 6.31. The Morgan fingerprint density at radius 2 is 2.24 bits per heavy atom. The first-order chi connectivity index (χ1) is 8.22. The van der Waals surface area contributed by atoms with Gasteiger partial charge in [-0.05, 0) is 35.7 Å². The summed E-state index contributed by atoms with van der Waals surface area (Å²) in [5.74, 6) is 0. The van der Waals surface area contributed by atoms with E-state index in [-0.39, 0.29) is 6.04 Å². The highest BCUT2D eigenvalue weighted by Crippen LogP contribution is 2.32. The number of benzene rings is 1. The predicted molar refractivity (Wildman–Crippen MR) is 79.0 cm³/mol. The average molecular weight is 331 g/mol. The Hall–Kier alpha value is -0.350. The highest BCUT2D eigenvalue weighted by Gasteiger charge is 2.16. The van der Waals surface area contributed by atoms with Crippen LogP contribution in [0.4, 0.5) is 0 Å². The number of rotatable bonds is 4. The summed E-state index contributed by atoms with van der Waals surface area (Å²) in [7, 11) is 0. The third-order valence-corrected chi connectivity index (χ3v) is 4.27. The molecule has 1 aromatic heterocycles. The molecular formula is C13H13BrClNS.